The van der Waals surface area contributed by atoms with Gasteiger partial charge in [-0.1, -0.05) is 54.6 Å². The summed E-state index contributed by atoms with van der Waals surface area (Å²) < 4.78 is 0. The number of rotatable bonds is 4. The molecule has 0 atom stereocenters. The second-order valence-electron chi connectivity index (χ2n) is 4.81. The first-order valence-corrected chi connectivity index (χ1v) is 6.74. The maximum absolute atomic E-state index is 12.1. The predicted molar refractivity (Wildman–Crippen MR) is 80.8 cm³/mol. The fourth-order valence-corrected chi connectivity index (χ4v) is 2.39. The van der Waals surface area contributed by atoms with Crippen molar-refractivity contribution in [1.82, 2.24) is 4.98 Å². The number of aromatic nitrogens is 1. The molecule has 0 amide bonds. The molecule has 1 aromatic heterocycles. The van der Waals surface area contributed by atoms with E-state index in [2.05, 4.69) is 11.1 Å². The number of nitrogens with zero attached hydrogens (tertiary/aromatic N) is 1. The number of ketones is 1. The lowest BCUT2D eigenvalue weighted by atomic mass is 10.0. The summed E-state index contributed by atoms with van der Waals surface area (Å²) in [7, 11) is 0. The van der Waals surface area contributed by atoms with Gasteiger partial charge in [0.1, 0.15) is 0 Å². The number of pyridine rings is 1. The summed E-state index contributed by atoms with van der Waals surface area (Å²) in [5.74, 6) is 0.179. The van der Waals surface area contributed by atoms with Gasteiger partial charge in [0, 0.05) is 29.8 Å². The third-order valence-corrected chi connectivity index (χ3v) is 3.47. The molecular weight excluding hydrogens is 246 g/mol. The van der Waals surface area contributed by atoms with Crippen molar-refractivity contribution < 1.29 is 4.79 Å². The lowest BCUT2D eigenvalue weighted by Crippen LogP contribution is -2.01. The van der Waals surface area contributed by atoms with Crippen LogP contribution in [0.25, 0.3) is 10.8 Å². The molecule has 0 radical (unpaired) electrons. The molecule has 3 aromatic rings. The highest BCUT2D eigenvalue weighted by Crippen LogP contribution is 2.19. The lowest BCUT2D eigenvalue weighted by molar-refractivity contribution is 0.0983. The van der Waals surface area contributed by atoms with Gasteiger partial charge in [-0.15, -0.1) is 0 Å². The maximum Gasteiger partial charge on any atom is 0.163 e. The Bertz CT molecular complexity index is 729. The van der Waals surface area contributed by atoms with Crippen LogP contribution in [0.4, 0.5) is 0 Å². The van der Waals surface area contributed by atoms with Gasteiger partial charge in [0.15, 0.2) is 5.78 Å². The zero-order valence-corrected chi connectivity index (χ0v) is 11.1. The van der Waals surface area contributed by atoms with Crippen molar-refractivity contribution in [3.63, 3.8) is 0 Å². The van der Waals surface area contributed by atoms with E-state index in [9.17, 15) is 4.79 Å². The monoisotopic (exact) mass is 261 g/mol. The Labute approximate surface area is 118 Å². The third kappa shape index (κ3) is 2.59. The second kappa shape index (κ2) is 5.66. The van der Waals surface area contributed by atoms with E-state index in [0.717, 1.165) is 22.9 Å². The highest BCUT2D eigenvalue weighted by molar-refractivity contribution is 5.96. The number of carbonyl (C=O) groups is 1. The van der Waals surface area contributed by atoms with E-state index < -0.39 is 0 Å². The summed E-state index contributed by atoms with van der Waals surface area (Å²) in [6.07, 6.45) is 4.96. The van der Waals surface area contributed by atoms with Crippen LogP contribution in [0, 0.1) is 0 Å². The molecule has 20 heavy (non-hydrogen) atoms. The molecule has 0 fully saturated rings. The lowest BCUT2D eigenvalue weighted by Gasteiger charge is -2.05. The Hall–Kier alpha value is -2.48. The SMILES string of the molecule is O=C(CCc1cncc2ccccc12)c1ccccc1. The Balaban J connectivity index is 1.79. The maximum atomic E-state index is 12.1. The van der Waals surface area contributed by atoms with Crippen molar-refractivity contribution in [3.8, 4) is 0 Å². The Morgan fingerprint density at radius 1 is 0.900 bits per heavy atom. The van der Waals surface area contributed by atoms with Gasteiger partial charge in [0.05, 0.1) is 0 Å². The van der Waals surface area contributed by atoms with Gasteiger partial charge in [-0.25, -0.2) is 0 Å². The molecule has 0 bridgehead atoms. The van der Waals surface area contributed by atoms with Gasteiger partial charge in [0.25, 0.3) is 0 Å². The molecule has 1 heterocycles. The van der Waals surface area contributed by atoms with Gasteiger partial charge in [0.2, 0.25) is 0 Å². The quantitative estimate of drug-likeness (QED) is 0.663. The van der Waals surface area contributed by atoms with Crippen LogP contribution >= 0.6 is 0 Å². The summed E-state index contributed by atoms with van der Waals surface area (Å²) in [6, 6.07) is 17.6. The van der Waals surface area contributed by atoms with Crippen LogP contribution in [-0.4, -0.2) is 10.8 Å². The van der Waals surface area contributed by atoms with E-state index >= 15 is 0 Å². The van der Waals surface area contributed by atoms with Crippen LogP contribution in [0.15, 0.2) is 67.0 Å². The summed E-state index contributed by atoms with van der Waals surface area (Å²) in [5.41, 5.74) is 1.91. The molecule has 2 nitrogen and oxygen atoms in total. The van der Waals surface area contributed by atoms with E-state index in [1.54, 1.807) is 0 Å². The smallest absolute Gasteiger partial charge is 0.163 e. The van der Waals surface area contributed by atoms with Crippen LogP contribution in [0.2, 0.25) is 0 Å². The molecule has 0 N–H and O–H groups in total. The summed E-state index contributed by atoms with van der Waals surface area (Å²) in [6.45, 7) is 0. The zero-order chi connectivity index (χ0) is 13.8. The average Bonchev–Trinajstić information content (AvgIpc) is 2.53. The van der Waals surface area contributed by atoms with Gasteiger partial charge in [-0.3, -0.25) is 9.78 Å². The number of fused-ring (bicyclic) bond motifs is 1. The Morgan fingerprint density at radius 3 is 2.50 bits per heavy atom. The molecule has 0 aliphatic rings. The number of hydrogen-bond acceptors (Lipinski definition) is 2. The molecule has 0 aliphatic carbocycles. The number of Topliss-reactive ketones (excluding diaryl/α,β-unsaturated/α-hetero) is 1. The third-order valence-electron chi connectivity index (χ3n) is 3.47. The number of hydrogen-bond donors (Lipinski definition) is 0. The molecule has 0 saturated carbocycles. The minimum absolute atomic E-state index is 0.179. The zero-order valence-electron chi connectivity index (χ0n) is 11.1. The topological polar surface area (TPSA) is 30.0 Å². The van der Waals surface area contributed by atoms with Crippen molar-refractivity contribution in [2.45, 2.75) is 12.8 Å². The van der Waals surface area contributed by atoms with E-state index in [-0.39, 0.29) is 5.78 Å². The van der Waals surface area contributed by atoms with Crippen LogP contribution in [0.3, 0.4) is 0 Å². The molecule has 0 spiro atoms. The number of benzene rings is 2. The molecule has 98 valence electrons. The van der Waals surface area contributed by atoms with E-state index in [1.807, 2.05) is 60.9 Å². The average molecular weight is 261 g/mol. The van der Waals surface area contributed by atoms with Gasteiger partial charge in [-0.05, 0) is 17.4 Å². The fourth-order valence-electron chi connectivity index (χ4n) is 2.39. The molecular formula is C18H15NO. The fraction of sp³-hybridized carbons (Fsp3) is 0.111. The van der Waals surface area contributed by atoms with Crippen molar-refractivity contribution in [3.05, 3.63) is 78.1 Å². The largest absolute Gasteiger partial charge is 0.294 e. The predicted octanol–water partition coefficient (Wildman–Crippen LogP) is 4.05. The highest BCUT2D eigenvalue weighted by Gasteiger charge is 2.07. The molecule has 0 unspecified atom stereocenters. The van der Waals surface area contributed by atoms with E-state index in [0.29, 0.717) is 6.42 Å². The van der Waals surface area contributed by atoms with Crippen LogP contribution in [0.1, 0.15) is 22.3 Å². The Morgan fingerprint density at radius 2 is 1.65 bits per heavy atom. The molecule has 0 aliphatic heterocycles. The summed E-state index contributed by atoms with van der Waals surface area (Å²) in [5, 5.41) is 2.31. The minimum atomic E-state index is 0.179. The summed E-state index contributed by atoms with van der Waals surface area (Å²) in [4.78, 5) is 16.4. The van der Waals surface area contributed by atoms with Crippen molar-refractivity contribution in [2.24, 2.45) is 0 Å². The van der Waals surface area contributed by atoms with Crippen LogP contribution in [0.5, 0.6) is 0 Å². The van der Waals surface area contributed by atoms with Crippen molar-refractivity contribution >= 4 is 16.6 Å². The summed E-state index contributed by atoms with van der Waals surface area (Å²) >= 11 is 0. The number of aryl methyl sites for hydroxylation is 1. The van der Waals surface area contributed by atoms with Gasteiger partial charge in [-0.2, -0.15) is 0 Å². The van der Waals surface area contributed by atoms with E-state index in [4.69, 9.17) is 0 Å². The van der Waals surface area contributed by atoms with Gasteiger partial charge < -0.3 is 0 Å². The van der Waals surface area contributed by atoms with E-state index in [1.165, 1.54) is 5.39 Å². The standard InChI is InChI=1S/C18H15NO/c20-18(14-6-2-1-3-7-14)11-10-16-13-19-12-15-8-4-5-9-17(15)16/h1-9,12-13H,10-11H2. The van der Waals surface area contributed by atoms with Gasteiger partial charge >= 0.3 is 0 Å². The van der Waals surface area contributed by atoms with Crippen molar-refractivity contribution in [2.75, 3.05) is 0 Å². The number of carbonyl (C=O) groups excluding carboxylic acids is 1. The molecule has 2 heteroatoms. The normalized spacial score (nSPS) is 10.6. The first-order valence-electron chi connectivity index (χ1n) is 6.74. The van der Waals surface area contributed by atoms with Crippen LogP contribution in [-0.2, 0) is 6.42 Å². The van der Waals surface area contributed by atoms with Crippen molar-refractivity contribution in [1.29, 1.82) is 0 Å². The highest BCUT2D eigenvalue weighted by atomic mass is 16.1. The molecule has 0 saturated heterocycles. The first-order chi connectivity index (χ1) is 9.84. The minimum Gasteiger partial charge on any atom is -0.294 e. The second-order valence-corrected chi connectivity index (χ2v) is 4.81. The Kier molecular flexibility index (Phi) is 3.55. The first kappa shape index (κ1) is 12.5. The molecule has 2 aromatic carbocycles. The van der Waals surface area contributed by atoms with Crippen LogP contribution < -0.4 is 0 Å². The molecule has 3 rings (SSSR count).